The standard InChI is InChI=1S/C46H52ClN5O6/c1-31-35(10-7-11-37(31)38-12-8-14-41(32(38)2)56-21-9-20-52-19-6-4-15-46(52)16-17-50-45(46)55)30-58-43-24-42(57-29-34-22-33(25-48)26-49-27-34)36(23-39(43)47)28-51-18-5-3-13-40(51)44(53)54/h7-8,10-12,14,22-24,26-27,40H,3-6,9,13,15-21,28-30H2,1-2H3,(H,50,55)(H,53,54)/t40-,46?/m0/s1. The number of hydrogen-bond donors (Lipinski definition) is 2. The highest BCUT2D eigenvalue weighted by molar-refractivity contribution is 6.32. The molecule has 2 atom stereocenters. The molecular formula is C46H52ClN5O6. The lowest BCUT2D eigenvalue weighted by Gasteiger charge is -2.42. The Hall–Kier alpha value is -5.15. The Kier molecular flexibility index (Phi) is 13.2. The topological polar surface area (TPSA) is 137 Å². The van der Waals surface area contributed by atoms with E-state index < -0.39 is 12.0 Å². The molecule has 0 radical (unpaired) electrons. The summed E-state index contributed by atoms with van der Waals surface area (Å²) in [5.41, 5.74) is 6.87. The molecule has 12 heteroatoms. The number of nitrogens with zero attached hydrogens (tertiary/aromatic N) is 4. The molecule has 0 aliphatic carbocycles. The van der Waals surface area contributed by atoms with Crippen molar-refractivity contribution in [2.24, 2.45) is 0 Å². The van der Waals surface area contributed by atoms with Gasteiger partial charge < -0.3 is 24.6 Å². The maximum absolute atomic E-state index is 12.8. The minimum Gasteiger partial charge on any atom is -0.493 e. The molecule has 3 aromatic carbocycles. The van der Waals surface area contributed by atoms with Crippen molar-refractivity contribution in [2.45, 2.75) is 96.6 Å². The average Bonchev–Trinajstić information content (AvgIpc) is 3.59. The first-order chi connectivity index (χ1) is 28.2. The van der Waals surface area contributed by atoms with Crippen LogP contribution in [0.3, 0.4) is 0 Å². The van der Waals surface area contributed by atoms with Gasteiger partial charge in [-0.1, -0.05) is 48.4 Å². The molecule has 304 valence electrons. The van der Waals surface area contributed by atoms with Crippen molar-refractivity contribution in [3.63, 3.8) is 0 Å². The Balaban J connectivity index is 1.05. The Bertz CT molecular complexity index is 2170. The number of aliphatic carboxylic acids is 1. The van der Waals surface area contributed by atoms with E-state index in [9.17, 15) is 20.0 Å². The van der Waals surface area contributed by atoms with Crippen molar-refractivity contribution < 1.29 is 28.9 Å². The molecule has 0 saturated carbocycles. The summed E-state index contributed by atoms with van der Waals surface area (Å²) in [7, 11) is 0. The number of hydrogen-bond acceptors (Lipinski definition) is 9. The van der Waals surface area contributed by atoms with Crippen LogP contribution in [-0.4, -0.2) is 76.1 Å². The number of carbonyl (C=O) groups is 2. The molecule has 1 amide bonds. The van der Waals surface area contributed by atoms with Gasteiger partial charge in [-0.05, 0) is 118 Å². The molecule has 7 rings (SSSR count). The van der Waals surface area contributed by atoms with Crippen LogP contribution >= 0.6 is 11.6 Å². The average molecular weight is 806 g/mol. The number of piperidine rings is 2. The number of aromatic nitrogens is 1. The fraction of sp³-hybridized carbons (Fsp3) is 0.435. The number of carboxylic acid groups (broad SMARTS) is 1. The number of pyridine rings is 1. The predicted molar refractivity (Wildman–Crippen MR) is 222 cm³/mol. The highest BCUT2D eigenvalue weighted by atomic mass is 35.5. The minimum absolute atomic E-state index is 0.153. The van der Waals surface area contributed by atoms with Gasteiger partial charge >= 0.3 is 5.97 Å². The summed E-state index contributed by atoms with van der Waals surface area (Å²) in [6, 6.07) is 19.2. The molecule has 3 aliphatic rings. The summed E-state index contributed by atoms with van der Waals surface area (Å²) >= 11 is 6.88. The monoisotopic (exact) mass is 805 g/mol. The number of ether oxygens (including phenoxy) is 3. The van der Waals surface area contributed by atoms with E-state index >= 15 is 0 Å². The summed E-state index contributed by atoms with van der Waals surface area (Å²) in [6.45, 7) is 8.72. The van der Waals surface area contributed by atoms with Gasteiger partial charge in [0, 0.05) is 49.2 Å². The van der Waals surface area contributed by atoms with Gasteiger partial charge in [-0.25, -0.2) is 0 Å². The van der Waals surface area contributed by atoms with E-state index in [4.69, 9.17) is 25.8 Å². The number of amides is 1. The van der Waals surface area contributed by atoms with Crippen LogP contribution < -0.4 is 19.5 Å². The van der Waals surface area contributed by atoms with E-state index in [1.807, 2.05) is 29.2 Å². The third-order valence-electron chi connectivity index (χ3n) is 12.1. The van der Waals surface area contributed by atoms with Crippen molar-refractivity contribution in [1.82, 2.24) is 20.1 Å². The second kappa shape index (κ2) is 18.6. The van der Waals surface area contributed by atoms with Crippen LogP contribution in [0.4, 0.5) is 0 Å². The molecule has 2 N–H and O–H groups in total. The Morgan fingerprint density at radius 2 is 1.72 bits per heavy atom. The normalized spacial score (nSPS) is 19.8. The maximum Gasteiger partial charge on any atom is 0.320 e. The number of nitriles is 1. The molecule has 3 saturated heterocycles. The summed E-state index contributed by atoms with van der Waals surface area (Å²) in [5.74, 6) is 1.16. The Morgan fingerprint density at radius 3 is 2.52 bits per heavy atom. The highest BCUT2D eigenvalue weighted by Gasteiger charge is 2.47. The van der Waals surface area contributed by atoms with E-state index in [-0.39, 0.29) is 24.7 Å². The quantitative estimate of drug-likeness (QED) is 0.114. The van der Waals surface area contributed by atoms with Crippen molar-refractivity contribution >= 4 is 23.5 Å². The van der Waals surface area contributed by atoms with Gasteiger partial charge in [0.1, 0.15) is 48.1 Å². The van der Waals surface area contributed by atoms with Crippen LogP contribution in [0.5, 0.6) is 17.2 Å². The van der Waals surface area contributed by atoms with Crippen molar-refractivity contribution in [1.29, 1.82) is 5.26 Å². The molecule has 4 heterocycles. The van der Waals surface area contributed by atoms with Gasteiger partial charge in [0.25, 0.3) is 0 Å². The molecule has 4 aromatic rings. The number of benzene rings is 3. The smallest absolute Gasteiger partial charge is 0.320 e. The molecule has 3 aliphatic heterocycles. The van der Waals surface area contributed by atoms with Gasteiger partial charge in [0.15, 0.2) is 0 Å². The van der Waals surface area contributed by atoms with Crippen molar-refractivity contribution in [3.05, 3.63) is 105 Å². The maximum atomic E-state index is 12.8. The van der Waals surface area contributed by atoms with Gasteiger partial charge in [0.2, 0.25) is 5.91 Å². The molecule has 58 heavy (non-hydrogen) atoms. The zero-order valence-corrected chi connectivity index (χ0v) is 34.2. The van der Waals surface area contributed by atoms with Crippen LogP contribution in [-0.2, 0) is 29.3 Å². The molecular weight excluding hydrogens is 754 g/mol. The van der Waals surface area contributed by atoms with Crippen LogP contribution in [0.2, 0.25) is 5.02 Å². The van der Waals surface area contributed by atoms with Crippen LogP contribution in [0.15, 0.2) is 67.0 Å². The molecule has 1 spiro atoms. The highest BCUT2D eigenvalue weighted by Crippen LogP contribution is 2.38. The lowest BCUT2D eigenvalue weighted by Crippen LogP contribution is -2.56. The van der Waals surface area contributed by atoms with E-state index in [2.05, 4.69) is 47.3 Å². The Morgan fingerprint density at radius 1 is 0.931 bits per heavy atom. The second-order valence-corrected chi connectivity index (χ2v) is 16.1. The summed E-state index contributed by atoms with van der Waals surface area (Å²) < 4.78 is 19.1. The molecule has 1 unspecified atom stereocenters. The first kappa shape index (κ1) is 41.0. The molecule has 11 nitrogen and oxygen atoms in total. The number of carbonyl (C=O) groups excluding carboxylic acids is 1. The zero-order valence-electron chi connectivity index (χ0n) is 33.4. The van der Waals surface area contributed by atoms with Gasteiger partial charge in [-0.2, -0.15) is 5.26 Å². The van der Waals surface area contributed by atoms with E-state index in [1.165, 1.54) is 6.20 Å². The van der Waals surface area contributed by atoms with Crippen molar-refractivity contribution in [3.8, 4) is 34.4 Å². The number of halogens is 1. The van der Waals surface area contributed by atoms with Crippen molar-refractivity contribution in [2.75, 3.05) is 32.8 Å². The molecule has 0 bridgehead atoms. The summed E-state index contributed by atoms with van der Waals surface area (Å²) in [4.78, 5) is 33.4. The summed E-state index contributed by atoms with van der Waals surface area (Å²) in [5, 5.41) is 22.8. The molecule has 1 aromatic heterocycles. The van der Waals surface area contributed by atoms with E-state index in [0.29, 0.717) is 48.2 Å². The largest absolute Gasteiger partial charge is 0.493 e. The minimum atomic E-state index is -0.836. The van der Waals surface area contributed by atoms with E-state index in [1.54, 1.807) is 24.4 Å². The third-order valence-corrected chi connectivity index (χ3v) is 12.4. The number of carboxylic acids is 1. The second-order valence-electron chi connectivity index (χ2n) is 15.7. The van der Waals surface area contributed by atoms with Gasteiger partial charge in [0.05, 0.1) is 17.2 Å². The van der Waals surface area contributed by atoms with Crippen LogP contribution in [0, 0.1) is 25.2 Å². The Labute approximate surface area is 345 Å². The van der Waals surface area contributed by atoms with Gasteiger partial charge in [-0.3, -0.25) is 24.4 Å². The van der Waals surface area contributed by atoms with E-state index in [0.717, 1.165) is 109 Å². The fourth-order valence-electron chi connectivity index (χ4n) is 8.82. The number of nitrogens with one attached hydrogen (secondary N) is 1. The predicted octanol–water partition coefficient (Wildman–Crippen LogP) is 8.00. The summed E-state index contributed by atoms with van der Waals surface area (Å²) in [6.07, 6.45) is 10.4. The van der Waals surface area contributed by atoms with Gasteiger partial charge in [-0.15, -0.1) is 0 Å². The number of rotatable bonds is 15. The fourth-order valence-corrected chi connectivity index (χ4v) is 9.06. The number of likely N-dealkylation sites (tertiary alicyclic amines) is 2. The SMILES string of the molecule is Cc1c(COc2cc(OCc3cncc(C#N)c3)c(CN3CCCC[C@H]3C(=O)O)cc2Cl)cccc1-c1cccc(OCCCN2CCCCC23CCNC3=O)c1C. The molecule has 3 fully saturated rings. The lowest BCUT2D eigenvalue weighted by atomic mass is 9.85. The first-order valence-corrected chi connectivity index (χ1v) is 20.8. The first-order valence-electron chi connectivity index (χ1n) is 20.4. The van der Waals surface area contributed by atoms with Crippen LogP contribution in [0.25, 0.3) is 11.1 Å². The third kappa shape index (κ3) is 9.10. The zero-order chi connectivity index (χ0) is 40.6. The lowest BCUT2D eigenvalue weighted by molar-refractivity contribution is -0.144. The van der Waals surface area contributed by atoms with Crippen LogP contribution in [0.1, 0.15) is 84.7 Å².